The summed E-state index contributed by atoms with van der Waals surface area (Å²) in [6, 6.07) is 4.39. The van der Waals surface area contributed by atoms with Crippen molar-refractivity contribution >= 4 is 16.6 Å². The number of ether oxygens (including phenoxy) is 1. The van der Waals surface area contributed by atoms with Crippen LogP contribution in [-0.2, 0) is 22.0 Å². The van der Waals surface area contributed by atoms with Crippen LogP contribution in [0.3, 0.4) is 0 Å². The Hall–Kier alpha value is -1.23. The molecule has 2 saturated heterocycles. The molecule has 3 rings (SSSR count). The smallest absolute Gasteiger partial charge is 0.140 e. The van der Waals surface area contributed by atoms with Crippen LogP contribution in [0.15, 0.2) is 18.2 Å². The van der Waals surface area contributed by atoms with Crippen LogP contribution in [-0.4, -0.2) is 27.6 Å². The van der Waals surface area contributed by atoms with Crippen molar-refractivity contribution < 1.29 is 18.1 Å². The zero-order valence-electron chi connectivity index (χ0n) is 12.0. The fraction of sp³-hybridized carbons (Fsp3) is 0.562. The van der Waals surface area contributed by atoms with Gasteiger partial charge in [0.15, 0.2) is 0 Å². The van der Waals surface area contributed by atoms with Gasteiger partial charge in [-0.3, -0.25) is 9.00 Å². The first kappa shape index (κ1) is 14.7. The molecule has 2 aliphatic rings. The van der Waals surface area contributed by atoms with E-state index in [1.807, 2.05) is 0 Å². The van der Waals surface area contributed by atoms with Gasteiger partial charge in [0.2, 0.25) is 0 Å². The Morgan fingerprint density at radius 3 is 2.57 bits per heavy atom. The van der Waals surface area contributed by atoms with Crippen LogP contribution in [0.2, 0.25) is 0 Å². The highest BCUT2D eigenvalue weighted by Crippen LogP contribution is 2.39. The van der Waals surface area contributed by atoms with Crippen molar-refractivity contribution in [3.05, 3.63) is 29.6 Å². The molecule has 0 amide bonds. The molecule has 0 radical (unpaired) electrons. The van der Waals surface area contributed by atoms with Crippen molar-refractivity contribution in [2.45, 2.75) is 42.6 Å². The number of fused-ring (bicyclic) bond motifs is 2. The van der Waals surface area contributed by atoms with E-state index in [0.29, 0.717) is 11.3 Å². The van der Waals surface area contributed by atoms with Crippen LogP contribution >= 0.6 is 0 Å². The molecule has 1 aromatic carbocycles. The summed E-state index contributed by atoms with van der Waals surface area (Å²) in [7, 11) is 0.737. The molecule has 0 aromatic heterocycles. The van der Waals surface area contributed by atoms with Gasteiger partial charge in [-0.25, -0.2) is 4.39 Å². The minimum atomic E-state index is -0.743. The molecule has 2 bridgehead atoms. The fourth-order valence-corrected chi connectivity index (χ4v) is 5.61. The number of Topliss-reactive ketones (excluding diaryl/α,β-unsaturated/α-hetero) is 1. The summed E-state index contributed by atoms with van der Waals surface area (Å²) < 4.78 is 30.5. The maximum Gasteiger partial charge on any atom is 0.140 e. The molecule has 1 aromatic rings. The van der Waals surface area contributed by atoms with E-state index >= 15 is 0 Å². The first-order valence-electron chi connectivity index (χ1n) is 7.32. The molecule has 0 N–H and O–H groups in total. The number of carbonyl (C=O) groups is 1. The van der Waals surface area contributed by atoms with Crippen molar-refractivity contribution in [3.63, 3.8) is 0 Å². The second-order valence-corrected chi connectivity index (χ2v) is 7.95. The largest absolute Gasteiger partial charge is 0.497 e. The van der Waals surface area contributed by atoms with Gasteiger partial charge >= 0.3 is 0 Å². The van der Waals surface area contributed by atoms with Gasteiger partial charge in [-0.15, -0.1) is 0 Å². The number of rotatable bonds is 4. The average molecular weight is 310 g/mol. The first-order valence-corrected chi connectivity index (χ1v) is 8.60. The van der Waals surface area contributed by atoms with Crippen molar-refractivity contribution in [1.82, 2.24) is 0 Å². The van der Waals surface area contributed by atoms with Gasteiger partial charge in [-0.2, -0.15) is 0 Å². The molecule has 5 heteroatoms. The minimum absolute atomic E-state index is 0.0190. The van der Waals surface area contributed by atoms with E-state index in [9.17, 15) is 13.4 Å². The minimum Gasteiger partial charge on any atom is -0.497 e. The maximum absolute atomic E-state index is 13.5. The van der Waals surface area contributed by atoms with E-state index in [-0.39, 0.29) is 34.4 Å². The van der Waals surface area contributed by atoms with Crippen LogP contribution in [0, 0.1) is 11.7 Å². The molecule has 3 nitrogen and oxygen atoms in total. The molecular weight excluding hydrogens is 291 g/mol. The number of benzene rings is 1. The first-order chi connectivity index (χ1) is 10.1. The second-order valence-electron chi connectivity index (χ2n) is 5.96. The molecular formula is C16H19FO3S. The summed E-state index contributed by atoms with van der Waals surface area (Å²) in [4.78, 5) is 12.4. The van der Waals surface area contributed by atoms with E-state index in [4.69, 9.17) is 4.74 Å². The summed E-state index contributed by atoms with van der Waals surface area (Å²) in [5.41, 5.74) is 0.649. The number of halogens is 1. The van der Waals surface area contributed by atoms with Gasteiger partial charge in [0.1, 0.15) is 17.3 Å². The van der Waals surface area contributed by atoms with Crippen LogP contribution in [0.25, 0.3) is 0 Å². The highest BCUT2D eigenvalue weighted by Gasteiger charge is 2.42. The zero-order valence-corrected chi connectivity index (χ0v) is 12.8. The Morgan fingerprint density at radius 1 is 1.29 bits per heavy atom. The van der Waals surface area contributed by atoms with Crippen LogP contribution in [0.4, 0.5) is 4.39 Å². The standard InChI is InChI=1S/C16H19FO3S/c1-20-13-5-10(4-12(17)9-13)6-16(18)11-7-14-2-3-15(8-11)21(14)19/h4-5,9,11,14-15H,2-3,6-8H2,1H3. The van der Waals surface area contributed by atoms with Crippen LogP contribution in [0.5, 0.6) is 5.75 Å². The molecule has 0 spiro atoms. The Balaban J connectivity index is 1.69. The Kier molecular flexibility index (Phi) is 4.11. The summed E-state index contributed by atoms with van der Waals surface area (Å²) >= 11 is 0. The van der Waals surface area contributed by atoms with Gasteiger partial charge in [-0.1, -0.05) is 0 Å². The third kappa shape index (κ3) is 3.03. The number of methoxy groups -OCH3 is 1. The normalized spacial score (nSPS) is 31.1. The Bertz CT molecular complexity index is 571. The third-order valence-corrected chi connectivity index (χ3v) is 6.73. The van der Waals surface area contributed by atoms with Crippen molar-refractivity contribution in [1.29, 1.82) is 0 Å². The van der Waals surface area contributed by atoms with Gasteiger partial charge in [0, 0.05) is 39.7 Å². The van der Waals surface area contributed by atoms with Crippen molar-refractivity contribution in [2.24, 2.45) is 5.92 Å². The fourth-order valence-electron chi connectivity index (χ4n) is 3.48. The van der Waals surface area contributed by atoms with E-state index in [1.165, 1.54) is 19.2 Å². The van der Waals surface area contributed by atoms with Gasteiger partial charge in [0.25, 0.3) is 0 Å². The summed E-state index contributed by atoms with van der Waals surface area (Å²) in [6.45, 7) is 0. The lowest BCUT2D eigenvalue weighted by atomic mass is 9.91. The number of hydrogen-bond acceptors (Lipinski definition) is 3. The highest BCUT2D eigenvalue weighted by atomic mass is 32.2. The Morgan fingerprint density at radius 2 is 1.95 bits per heavy atom. The summed E-state index contributed by atoms with van der Waals surface area (Å²) in [5.74, 6) is 0.162. The predicted octanol–water partition coefficient (Wildman–Crippen LogP) is 2.64. The number of hydrogen-bond donors (Lipinski definition) is 0. The van der Waals surface area contributed by atoms with Gasteiger partial charge < -0.3 is 4.74 Å². The van der Waals surface area contributed by atoms with E-state index < -0.39 is 10.8 Å². The molecule has 0 aliphatic carbocycles. The second kappa shape index (κ2) is 5.87. The molecule has 114 valence electrons. The van der Waals surface area contributed by atoms with Crippen LogP contribution < -0.4 is 4.74 Å². The molecule has 2 unspecified atom stereocenters. The lowest BCUT2D eigenvalue weighted by Gasteiger charge is -2.26. The monoisotopic (exact) mass is 310 g/mol. The Labute approximate surface area is 126 Å². The topological polar surface area (TPSA) is 43.4 Å². The SMILES string of the molecule is COc1cc(F)cc(CC(=O)C2CC3CCC(C2)S3=O)c1. The van der Waals surface area contributed by atoms with Crippen molar-refractivity contribution in [2.75, 3.05) is 7.11 Å². The molecule has 2 aliphatic heterocycles. The summed E-state index contributed by atoms with van der Waals surface area (Å²) in [5, 5.41) is 0.388. The lowest BCUT2D eigenvalue weighted by Crippen LogP contribution is -2.32. The van der Waals surface area contributed by atoms with E-state index in [2.05, 4.69) is 0 Å². The lowest BCUT2D eigenvalue weighted by molar-refractivity contribution is -0.122. The quantitative estimate of drug-likeness (QED) is 0.858. The zero-order chi connectivity index (χ0) is 15.0. The predicted molar refractivity (Wildman–Crippen MR) is 79.3 cm³/mol. The molecule has 0 saturated carbocycles. The highest BCUT2D eigenvalue weighted by molar-refractivity contribution is 7.86. The van der Waals surface area contributed by atoms with E-state index in [1.54, 1.807) is 6.07 Å². The van der Waals surface area contributed by atoms with Crippen molar-refractivity contribution in [3.8, 4) is 5.75 Å². The number of carbonyl (C=O) groups excluding carboxylic acids is 1. The molecule has 2 fully saturated rings. The van der Waals surface area contributed by atoms with E-state index in [0.717, 1.165) is 25.7 Å². The van der Waals surface area contributed by atoms with Gasteiger partial charge in [-0.05, 0) is 43.4 Å². The molecule has 21 heavy (non-hydrogen) atoms. The van der Waals surface area contributed by atoms with Gasteiger partial charge in [0.05, 0.1) is 7.11 Å². The summed E-state index contributed by atoms with van der Waals surface area (Å²) in [6.07, 6.45) is 3.65. The molecule has 2 heterocycles. The number of ketones is 1. The third-order valence-electron chi connectivity index (χ3n) is 4.56. The maximum atomic E-state index is 13.5. The average Bonchev–Trinajstić information content (AvgIpc) is 2.67. The molecule has 2 atom stereocenters. The van der Waals surface area contributed by atoms with Crippen LogP contribution in [0.1, 0.15) is 31.2 Å².